The highest BCUT2D eigenvalue weighted by molar-refractivity contribution is 5.83. The van der Waals surface area contributed by atoms with E-state index in [0.29, 0.717) is 6.04 Å². The Morgan fingerprint density at radius 3 is 3.05 bits per heavy atom. The lowest BCUT2D eigenvalue weighted by Crippen LogP contribution is -2.30. The first-order valence-electron chi connectivity index (χ1n) is 7.29. The zero-order chi connectivity index (χ0) is 14.7. The predicted molar refractivity (Wildman–Crippen MR) is 86.4 cm³/mol. The number of nitrogens with one attached hydrogen (secondary N) is 1. The highest BCUT2D eigenvalue weighted by atomic mass is 16.5. The summed E-state index contributed by atoms with van der Waals surface area (Å²) >= 11 is 0. The normalized spacial score (nSPS) is 18.0. The summed E-state index contributed by atoms with van der Waals surface area (Å²) in [4.78, 5) is 4.43. The standard InChI is InChI=1S/C18H20N2O/c1-3-13-4-5-15(20-12-13)10-14-8-9-19-18-7-6-16(21-2)11-17(14)18/h3,6-9,11-12,15,20H,1,4-5,10H2,2H3. The molecule has 21 heavy (non-hydrogen) atoms. The molecule has 0 spiro atoms. The lowest BCUT2D eigenvalue weighted by molar-refractivity contribution is 0.415. The van der Waals surface area contributed by atoms with Gasteiger partial charge in [-0.15, -0.1) is 0 Å². The number of benzene rings is 1. The number of methoxy groups -OCH3 is 1. The summed E-state index contributed by atoms with van der Waals surface area (Å²) in [5, 5.41) is 4.65. The van der Waals surface area contributed by atoms with E-state index in [1.807, 2.05) is 24.4 Å². The summed E-state index contributed by atoms with van der Waals surface area (Å²) in [7, 11) is 1.70. The number of pyridine rings is 1. The first-order valence-corrected chi connectivity index (χ1v) is 7.29. The topological polar surface area (TPSA) is 34.2 Å². The van der Waals surface area contributed by atoms with E-state index in [2.05, 4.69) is 35.2 Å². The zero-order valence-corrected chi connectivity index (χ0v) is 12.3. The van der Waals surface area contributed by atoms with E-state index in [1.54, 1.807) is 7.11 Å². The van der Waals surface area contributed by atoms with Gasteiger partial charge in [-0.3, -0.25) is 4.98 Å². The number of nitrogens with zero attached hydrogens (tertiary/aromatic N) is 1. The van der Waals surface area contributed by atoms with Crippen LogP contribution in [0, 0.1) is 0 Å². The molecule has 1 N–H and O–H groups in total. The summed E-state index contributed by atoms with van der Waals surface area (Å²) in [6.07, 6.45) is 9.12. The van der Waals surface area contributed by atoms with Crippen LogP contribution in [0.15, 0.2) is 54.9 Å². The van der Waals surface area contributed by atoms with E-state index in [9.17, 15) is 0 Å². The van der Waals surface area contributed by atoms with Crippen LogP contribution >= 0.6 is 0 Å². The van der Waals surface area contributed by atoms with E-state index in [4.69, 9.17) is 4.74 Å². The molecule has 0 bridgehead atoms. The molecular formula is C18H20N2O. The Balaban J connectivity index is 1.87. The molecule has 3 rings (SSSR count). The van der Waals surface area contributed by atoms with Gasteiger partial charge in [0, 0.05) is 17.6 Å². The Morgan fingerprint density at radius 1 is 1.43 bits per heavy atom. The van der Waals surface area contributed by atoms with Crippen molar-refractivity contribution in [3.63, 3.8) is 0 Å². The average molecular weight is 280 g/mol. The van der Waals surface area contributed by atoms with Crippen molar-refractivity contribution >= 4 is 10.9 Å². The maximum absolute atomic E-state index is 5.33. The predicted octanol–water partition coefficient (Wildman–Crippen LogP) is 3.61. The molecule has 1 aliphatic heterocycles. The number of rotatable bonds is 4. The molecule has 0 aliphatic carbocycles. The van der Waals surface area contributed by atoms with Gasteiger partial charge < -0.3 is 10.1 Å². The van der Waals surface area contributed by atoms with Crippen molar-refractivity contribution in [1.29, 1.82) is 0 Å². The molecule has 1 unspecified atom stereocenters. The third-order valence-electron chi connectivity index (χ3n) is 4.05. The molecule has 1 aliphatic rings. The number of allylic oxidation sites excluding steroid dienone is 2. The van der Waals surface area contributed by atoms with Crippen molar-refractivity contribution in [1.82, 2.24) is 10.3 Å². The molecule has 0 saturated heterocycles. The number of hydrogen-bond donors (Lipinski definition) is 1. The van der Waals surface area contributed by atoms with Crippen LogP contribution in [0.5, 0.6) is 5.75 Å². The fourth-order valence-electron chi connectivity index (χ4n) is 2.80. The molecule has 0 saturated carbocycles. The Labute approximate surface area is 125 Å². The molecule has 3 heteroatoms. The monoisotopic (exact) mass is 280 g/mol. The van der Waals surface area contributed by atoms with Crippen LogP contribution in [0.3, 0.4) is 0 Å². The lowest BCUT2D eigenvalue weighted by atomic mass is 9.95. The van der Waals surface area contributed by atoms with Crippen LogP contribution in [-0.2, 0) is 6.42 Å². The molecule has 108 valence electrons. The van der Waals surface area contributed by atoms with Crippen molar-refractivity contribution in [2.45, 2.75) is 25.3 Å². The Kier molecular flexibility index (Phi) is 3.91. The molecule has 1 aromatic heterocycles. The SMILES string of the molecule is C=CC1=CNC(Cc2ccnc3ccc(OC)cc23)CC1. The zero-order valence-electron chi connectivity index (χ0n) is 12.3. The molecule has 0 fully saturated rings. The summed E-state index contributed by atoms with van der Waals surface area (Å²) < 4.78 is 5.33. The maximum Gasteiger partial charge on any atom is 0.119 e. The third kappa shape index (κ3) is 2.92. The Morgan fingerprint density at radius 2 is 2.33 bits per heavy atom. The van der Waals surface area contributed by atoms with E-state index in [0.717, 1.165) is 30.5 Å². The van der Waals surface area contributed by atoms with Gasteiger partial charge in [-0.05, 0) is 60.9 Å². The van der Waals surface area contributed by atoms with Crippen LogP contribution in [-0.4, -0.2) is 18.1 Å². The molecule has 2 heterocycles. The van der Waals surface area contributed by atoms with Crippen molar-refractivity contribution in [2.75, 3.05) is 7.11 Å². The van der Waals surface area contributed by atoms with Gasteiger partial charge in [-0.1, -0.05) is 12.7 Å². The highest BCUT2D eigenvalue weighted by Crippen LogP contribution is 2.25. The molecule has 3 nitrogen and oxygen atoms in total. The van der Waals surface area contributed by atoms with Gasteiger partial charge in [-0.25, -0.2) is 0 Å². The lowest BCUT2D eigenvalue weighted by Gasteiger charge is -2.23. The van der Waals surface area contributed by atoms with Gasteiger partial charge in [0.1, 0.15) is 5.75 Å². The summed E-state index contributed by atoms with van der Waals surface area (Å²) in [5.41, 5.74) is 3.62. The van der Waals surface area contributed by atoms with Crippen molar-refractivity contribution in [3.05, 3.63) is 60.5 Å². The molecule has 0 amide bonds. The third-order valence-corrected chi connectivity index (χ3v) is 4.05. The van der Waals surface area contributed by atoms with E-state index in [-0.39, 0.29) is 0 Å². The fourth-order valence-corrected chi connectivity index (χ4v) is 2.80. The quantitative estimate of drug-likeness (QED) is 0.929. The Hall–Kier alpha value is -2.29. The molecular weight excluding hydrogens is 260 g/mol. The summed E-state index contributed by atoms with van der Waals surface area (Å²) in [6.45, 7) is 3.82. The average Bonchev–Trinajstić information content (AvgIpc) is 2.55. The largest absolute Gasteiger partial charge is 0.497 e. The first kappa shape index (κ1) is 13.7. The number of aromatic nitrogens is 1. The van der Waals surface area contributed by atoms with E-state index in [1.165, 1.54) is 16.5 Å². The van der Waals surface area contributed by atoms with E-state index >= 15 is 0 Å². The second-order valence-corrected chi connectivity index (χ2v) is 5.38. The van der Waals surface area contributed by atoms with Gasteiger partial charge in [-0.2, -0.15) is 0 Å². The smallest absolute Gasteiger partial charge is 0.119 e. The van der Waals surface area contributed by atoms with Gasteiger partial charge >= 0.3 is 0 Å². The first-order chi connectivity index (χ1) is 10.3. The fraction of sp³-hybridized carbons (Fsp3) is 0.278. The Bertz CT molecular complexity index is 691. The second-order valence-electron chi connectivity index (χ2n) is 5.38. The van der Waals surface area contributed by atoms with Crippen LogP contribution in [0.1, 0.15) is 18.4 Å². The molecule has 0 radical (unpaired) electrons. The molecule has 1 aromatic carbocycles. The highest BCUT2D eigenvalue weighted by Gasteiger charge is 2.14. The second kappa shape index (κ2) is 6.00. The van der Waals surface area contributed by atoms with Crippen LogP contribution in [0.2, 0.25) is 0 Å². The minimum absolute atomic E-state index is 0.463. The maximum atomic E-state index is 5.33. The minimum atomic E-state index is 0.463. The van der Waals surface area contributed by atoms with Crippen molar-refractivity contribution in [2.24, 2.45) is 0 Å². The van der Waals surface area contributed by atoms with Crippen molar-refractivity contribution < 1.29 is 4.74 Å². The van der Waals surface area contributed by atoms with Gasteiger partial charge in [0.15, 0.2) is 0 Å². The molecule has 2 aromatic rings. The van der Waals surface area contributed by atoms with Gasteiger partial charge in [0.25, 0.3) is 0 Å². The minimum Gasteiger partial charge on any atom is -0.497 e. The van der Waals surface area contributed by atoms with Crippen LogP contribution in [0.4, 0.5) is 0 Å². The summed E-state index contributed by atoms with van der Waals surface area (Å²) in [6, 6.07) is 8.62. The van der Waals surface area contributed by atoms with Crippen molar-refractivity contribution in [3.8, 4) is 5.75 Å². The van der Waals surface area contributed by atoms with Gasteiger partial charge in [0.05, 0.1) is 12.6 Å². The van der Waals surface area contributed by atoms with E-state index < -0.39 is 0 Å². The number of ether oxygens (including phenoxy) is 1. The van der Waals surface area contributed by atoms with Gasteiger partial charge in [0.2, 0.25) is 0 Å². The van der Waals surface area contributed by atoms with Crippen LogP contribution < -0.4 is 10.1 Å². The summed E-state index contributed by atoms with van der Waals surface area (Å²) in [5.74, 6) is 0.877. The number of hydrogen-bond acceptors (Lipinski definition) is 3. The molecule has 1 atom stereocenters. The van der Waals surface area contributed by atoms with Crippen LogP contribution in [0.25, 0.3) is 10.9 Å². The number of fused-ring (bicyclic) bond motifs is 1.